The number of nitrogens with two attached hydrogens (primary N) is 1. The summed E-state index contributed by atoms with van der Waals surface area (Å²) in [5, 5.41) is 16.0. The number of fused-ring (bicyclic) bond motifs is 3. The molecule has 0 saturated heterocycles. The van der Waals surface area contributed by atoms with Crippen LogP contribution in [0.1, 0.15) is 40.7 Å². The summed E-state index contributed by atoms with van der Waals surface area (Å²) in [6, 6.07) is 16.5. The summed E-state index contributed by atoms with van der Waals surface area (Å²) in [6.07, 6.45) is 6.41. The molecule has 2 aliphatic rings. The Morgan fingerprint density at radius 2 is 1.42 bits per heavy atom. The number of pyridine rings is 2. The molecule has 43 heavy (non-hydrogen) atoms. The van der Waals surface area contributed by atoms with Crippen LogP contribution in [0.3, 0.4) is 0 Å². The quantitative estimate of drug-likeness (QED) is 0.216. The van der Waals surface area contributed by atoms with Gasteiger partial charge in [0.1, 0.15) is 17.0 Å². The van der Waals surface area contributed by atoms with Gasteiger partial charge in [0.2, 0.25) is 0 Å². The molecule has 0 unspecified atom stereocenters. The molecule has 5 aromatic rings. The van der Waals surface area contributed by atoms with Gasteiger partial charge in [-0.3, -0.25) is 5.10 Å². The molecule has 8 nitrogen and oxygen atoms in total. The van der Waals surface area contributed by atoms with Gasteiger partial charge < -0.3 is 15.5 Å². The SMILES string of the molecule is CN(c1cccc2c1CCC2)c1nc(Cl)c(C#N)cc1F.CN(c1cccc2c1CCC2)c1nc2n[nH]c(N)c2cc1F. The first kappa shape index (κ1) is 28.4. The minimum atomic E-state index is -0.547. The van der Waals surface area contributed by atoms with Crippen molar-refractivity contribution in [3.63, 3.8) is 0 Å². The number of aromatic nitrogens is 4. The molecule has 11 heteroatoms. The van der Waals surface area contributed by atoms with Crippen LogP contribution >= 0.6 is 11.6 Å². The van der Waals surface area contributed by atoms with Gasteiger partial charge in [-0.25, -0.2) is 18.7 Å². The lowest BCUT2D eigenvalue weighted by Gasteiger charge is -2.22. The number of aromatic amines is 1. The van der Waals surface area contributed by atoms with Crippen molar-refractivity contribution in [3.8, 4) is 6.07 Å². The molecule has 2 aromatic carbocycles. The highest BCUT2D eigenvalue weighted by Gasteiger charge is 2.22. The van der Waals surface area contributed by atoms with Crippen LogP contribution in [0.25, 0.3) is 11.0 Å². The summed E-state index contributed by atoms with van der Waals surface area (Å²) in [6.45, 7) is 0. The van der Waals surface area contributed by atoms with Gasteiger partial charge in [-0.1, -0.05) is 35.9 Å². The zero-order valence-corrected chi connectivity index (χ0v) is 24.5. The van der Waals surface area contributed by atoms with Crippen molar-refractivity contribution in [2.45, 2.75) is 38.5 Å². The highest BCUT2D eigenvalue weighted by molar-refractivity contribution is 6.30. The van der Waals surface area contributed by atoms with Crippen molar-refractivity contribution in [1.82, 2.24) is 20.2 Å². The van der Waals surface area contributed by atoms with E-state index in [1.165, 1.54) is 28.3 Å². The van der Waals surface area contributed by atoms with E-state index < -0.39 is 11.6 Å². The summed E-state index contributed by atoms with van der Waals surface area (Å²) in [7, 11) is 3.60. The molecule has 0 amide bonds. The Morgan fingerprint density at radius 1 is 0.860 bits per heavy atom. The highest BCUT2D eigenvalue weighted by atomic mass is 35.5. The minimum absolute atomic E-state index is 0.0216. The van der Waals surface area contributed by atoms with Crippen molar-refractivity contribution in [3.05, 3.63) is 93.1 Å². The van der Waals surface area contributed by atoms with E-state index in [0.29, 0.717) is 16.9 Å². The molecule has 0 saturated carbocycles. The van der Waals surface area contributed by atoms with Gasteiger partial charge in [-0.05, 0) is 85.0 Å². The van der Waals surface area contributed by atoms with Crippen LogP contribution in [0.15, 0.2) is 48.5 Å². The maximum Gasteiger partial charge on any atom is 0.185 e. The second-order valence-electron chi connectivity index (χ2n) is 10.7. The molecule has 0 bridgehead atoms. The van der Waals surface area contributed by atoms with Gasteiger partial charge >= 0.3 is 0 Å². The summed E-state index contributed by atoms with van der Waals surface area (Å²) in [5.74, 6) is -0.220. The van der Waals surface area contributed by atoms with Gasteiger partial charge in [-0.2, -0.15) is 10.4 Å². The highest BCUT2D eigenvalue weighted by Crippen LogP contribution is 2.36. The number of hydrogen-bond donors (Lipinski definition) is 2. The summed E-state index contributed by atoms with van der Waals surface area (Å²) >= 11 is 5.92. The molecule has 2 aliphatic carbocycles. The number of nitrogens with zero attached hydrogens (tertiary/aromatic N) is 6. The Labute approximate surface area is 252 Å². The van der Waals surface area contributed by atoms with Crippen molar-refractivity contribution in [2.24, 2.45) is 0 Å². The van der Waals surface area contributed by atoms with Crippen LogP contribution in [0.4, 0.5) is 37.6 Å². The minimum Gasteiger partial charge on any atom is -0.384 e. The van der Waals surface area contributed by atoms with Crippen LogP contribution in [-0.2, 0) is 25.7 Å². The van der Waals surface area contributed by atoms with Crippen molar-refractivity contribution in [1.29, 1.82) is 5.26 Å². The fourth-order valence-electron chi connectivity index (χ4n) is 5.99. The lowest BCUT2D eigenvalue weighted by Crippen LogP contribution is -2.15. The Kier molecular flexibility index (Phi) is 7.59. The van der Waals surface area contributed by atoms with Crippen molar-refractivity contribution >= 4 is 51.5 Å². The predicted molar refractivity (Wildman–Crippen MR) is 165 cm³/mol. The summed E-state index contributed by atoms with van der Waals surface area (Å²) in [4.78, 5) is 11.9. The molecule has 3 N–H and O–H groups in total. The van der Waals surface area contributed by atoms with E-state index >= 15 is 0 Å². The van der Waals surface area contributed by atoms with Gasteiger partial charge in [0.25, 0.3) is 0 Å². The number of nitriles is 1. The number of anilines is 5. The number of nitrogen functional groups attached to an aromatic ring is 1. The number of nitrogens with one attached hydrogen (secondary N) is 1. The maximum absolute atomic E-state index is 14.5. The number of H-pyrrole nitrogens is 1. The number of hydrogen-bond acceptors (Lipinski definition) is 7. The average Bonchev–Trinajstić information content (AvgIpc) is 3.77. The molecule has 0 fully saturated rings. The second-order valence-corrected chi connectivity index (χ2v) is 11.1. The van der Waals surface area contributed by atoms with Crippen LogP contribution in [-0.4, -0.2) is 34.3 Å². The van der Waals surface area contributed by atoms with E-state index in [-0.39, 0.29) is 22.4 Å². The molecule has 7 rings (SSSR count). The first-order valence-corrected chi connectivity index (χ1v) is 14.4. The standard InChI is InChI=1S/C16H13ClFN3.C16H16FN5/c1-21(14-7-3-5-10-4-2-6-12(10)14)16-13(18)8-11(9-19)15(17)20-16;1-22(13-7-3-5-9-4-2-6-10(9)13)16-12(17)8-11-14(18)20-21-15(11)19-16/h3,5,7-8H,2,4,6H2,1H3;3,5,7-8H,2,4,6H2,1H3,(H3,18,19,20,21). The third-order valence-electron chi connectivity index (χ3n) is 8.14. The Hall–Kier alpha value is -4.75. The fraction of sp³-hybridized carbons (Fsp3) is 0.250. The lowest BCUT2D eigenvalue weighted by molar-refractivity contribution is 0.620. The molecule has 0 radical (unpaired) electrons. The normalized spacial score (nSPS) is 13.2. The van der Waals surface area contributed by atoms with Crippen molar-refractivity contribution < 1.29 is 8.78 Å². The largest absolute Gasteiger partial charge is 0.384 e. The molecule has 0 aliphatic heterocycles. The molecule has 3 aromatic heterocycles. The second kappa shape index (κ2) is 11.5. The summed E-state index contributed by atoms with van der Waals surface area (Å²) in [5.41, 5.74) is 13.3. The number of rotatable bonds is 4. The van der Waals surface area contributed by atoms with E-state index in [0.717, 1.165) is 56.0 Å². The number of benzene rings is 2. The van der Waals surface area contributed by atoms with Gasteiger partial charge in [0.15, 0.2) is 28.9 Å². The van der Waals surface area contributed by atoms with E-state index in [9.17, 15) is 8.78 Å². The maximum atomic E-state index is 14.5. The fourth-order valence-corrected chi connectivity index (χ4v) is 6.17. The predicted octanol–water partition coefficient (Wildman–Crippen LogP) is 6.94. The monoisotopic (exact) mass is 598 g/mol. The molecular weight excluding hydrogens is 570 g/mol. The Balaban J connectivity index is 0.000000153. The Morgan fingerprint density at radius 3 is 2.00 bits per heavy atom. The molecule has 0 spiro atoms. The summed E-state index contributed by atoms with van der Waals surface area (Å²) < 4.78 is 28.7. The van der Waals surface area contributed by atoms with Gasteiger partial charge in [0, 0.05) is 25.5 Å². The molecule has 218 valence electrons. The van der Waals surface area contributed by atoms with Crippen LogP contribution in [0.2, 0.25) is 5.15 Å². The number of halogens is 3. The third kappa shape index (κ3) is 5.21. The first-order chi connectivity index (χ1) is 20.8. The zero-order chi connectivity index (χ0) is 30.2. The first-order valence-electron chi connectivity index (χ1n) is 14.0. The number of aryl methyl sites for hydroxylation is 2. The average molecular weight is 599 g/mol. The van der Waals surface area contributed by atoms with Crippen LogP contribution in [0.5, 0.6) is 0 Å². The zero-order valence-electron chi connectivity index (χ0n) is 23.8. The van der Waals surface area contributed by atoms with E-state index in [1.54, 1.807) is 16.8 Å². The van der Waals surface area contributed by atoms with Crippen LogP contribution in [0, 0.1) is 23.0 Å². The molecule has 3 heterocycles. The van der Waals surface area contributed by atoms with Gasteiger partial charge in [0.05, 0.1) is 10.9 Å². The molecule has 0 atom stereocenters. The topological polar surface area (TPSA) is 111 Å². The third-order valence-corrected chi connectivity index (χ3v) is 8.43. The van der Waals surface area contributed by atoms with Crippen LogP contribution < -0.4 is 15.5 Å². The molecular formula is C32H29ClF2N8. The van der Waals surface area contributed by atoms with E-state index in [1.807, 2.05) is 37.4 Å². The smallest absolute Gasteiger partial charge is 0.185 e. The van der Waals surface area contributed by atoms with E-state index in [4.69, 9.17) is 22.6 Å². The Bertz CT molecular complexity index is 1900. The van der Waals surface area contributed by atoms with Crippen molar-refractivity contribution in [2.75, 3.05) is 29.6 Å². The van der Waals surface area contributed by atoms with E-state index in [2.05, 4.69) is 32.3 Å². The van der Waals surface area contributed by atoms with Gasteiger partial charge in [-0.15, -0.1) is 0 Å². The lowest BCUT2D eigenvalue weighted by atomic mass is 10.1.